The van der Waals surface area contributed by atoms with Crippen molar-refractivity contribution in [2.24, 2.45) is 0 Å². The summed E-state index contributed by atoms with van der Waals surface area (Å²) < 4.78 is 39.3. The van der Waals surface area contributed by atoms with Crippen molar-refractivity contribution in [2.45, 2.75) is 6.18 Å². The van der Waals surface area contributed by atoms with Gasteiger partial charge in [-0.05, 0) is 17.1 Å². The number of nitrogens with zero attached hydrogens (tertiary/aromatic N) is 3. The number of anilines is 1. The van der Waals surface area contributed by atoms with E-state index in [1.54, 1.807) is 17.0 Å². The van der Waals surface area contributed by atoms with Crippen LogP contribution in [0.25, 0.3) is 5.82 Å². The van der Waals surface area contributed by atoms with Gasteiger partial charge in [0.1, 0.15) is 0 Å². The first kappa shape index (κ1) is 13.3. The van der Waals surface area contributed by atoms with Crippen LogP contribution in [0.15, 0.2) is 42.7 Å². The van der Waals surface area contributed by atoms with Crippen LogP contribution in [-0.4, -0.2) is 19.1 Å². The molecule has 0 aliphatic heterocycles. The molecule has 19 heavy (non-hydrogen) atoms. The smallest absolute Gasteiger partial charge is 0.377 e. The van der Waals surface area contributed by atoms with Crippen LogP contribution in [0, 0.1) is 0 Å². The molecule has 0 N–H and O–H groups in total. The molecule has 0 bridgehead atoms. The molecule has 2 aromatic rings. The Bertz CT molecular complexity index is 562. The average Bonchev–Trinajstić information content (AvgIpc) is 2.38. The van der Waals surface area contributed by atoms with Crippen molar-refractivity contribution >= 4 is 5.69 Å². The maximum Gasteiger partial charge on any atom is 0.457 e. The largest absolute Gasteiger partial charge is 0.457 e. The predicted octanol–water partition coefficient (Wildman–Crippen LogP) is 2.44. The Hall–Kier alpha value is -2.11. The Kier molecular flexibility index (Phi) is 3.42. The molecule has 2 rings (SSSR count). The molecule has 0 aliphatic carbocycles. The number of rotatable bonds is 2. The second-order valence-electron chi connectivity index (χ2n) is 4.24. The van der Waals surface area contributed by atoms with E-state index in [2.05, 4.69) is 4.98 Å². The van der Waals surface area contributed by atoms with Crippen molar-refractivity contribution in [3.05, 3.63) is 48.4 Å². The third-order valence-corrected chi connectivity index (χ3v) is 2.62. The van der Waals surface area contributed by atoms with E-state index >= 15 is 0 Å². The predicted molar refractivity (Wildman–Crippen MR) is 65.1 cm³/mol. The SMILES string of the molecule is CN(C)c1cc[n+](-c2cccc(C(F)(F)F)n2)cc1. The van der Waals surface area contributed by atoms with Crippen molar-refractivity contribution in [3.63, 3.8) is 0 Å². The normalized spacial score (nSPS) is 11.4. The van der Waals surface area contributed by atoms with Crippen LogP contribution in [0.5, 0.6) is 0 Å². The first-order chi connectivity index (χ1) is 8.88. The number of halogens is 3. The highest BCUT2D eigenvalue weighted by Gasteiger charge is 2.37. The van der Waals surface area contributed by atoms with Gasteiger partial charge in [0.15, 0.2) is 0 Å². The molecule has 3 nitrogen and oxygen atoms in total. The Balaban J connectivity index is 2.37. The Morgan fingerprint density at radius 3 is 2.21 bits per heavy atom. The summed E-state index contributed by atoms with van der Waals surface area (Å²) in [6.07, 6.45) is -1.07. The van der Waals surface area contributed by atoms with Crippen LogP contribution in [0.3, 0.4) is 0 Å². The topological polar surface area (TPSA) is 20.0 Å². The molecule has 0 aromatic carbocycles. The molecule has 100 valence electrons. The fourth-order valence-electron chi connectivity index (χ4n) is 1.59. The summed E-state index contributed by atoms with van der Waals surface area (Å²) in [5.41, 5.74) is 0.0670. The third-order valence-electron chi connectivity index (χ3n) is 2.62. The van der Waals surface area contributed by atoms with Gasteiger partial charge in [-0.15, -0.1) is 0 Å². The van der Waals surface area contributed by atoms with Crippen LogP contribution < -0.4 is 9.47 Å². The summed E-state index contributed by atoms with van der Waals surface area (Å²) in [7, 11) is 3.78. The fraction of sp³-hybridized carbons (Fsp3) is 0.231. The molecule has 0 unspecified atom stereocenters. The van der Waals surface area contributed by atoms with E-state index in [0.717, 1.165) is 11.8 Å². The molecule has 0 spiro atoms. The van der Waals surface area contributed by atoms with Crippen LogP contribution in [0.2, 0.25) is 0 Å². The van der Waals surface area contributed by atoms with Crippen molar-refractivity contribution in [1.82, 2.24) is 4.98 Å². The zero-order valence-electron chi connectivity index (χ0n) is 10.5. The van der Waals surface area contributed by atoms with Crippen LogP contribution >= 0.6 is 0 Å². The molecular weight excluding hydrogens is 255 g/mol. The number of hydrogen-bond acceptors (Lipinski definition) is 2. The Morgan fingerprint density at radius 2 is 1.68 bits per heavy atom. The number of alkyl halides is 3. The zero-order valence-corrected chi connectivity index (χ0v) is 10.5. The van der Waals surface area contributed by atoms with Crippen LogP contribution in [-0.2, 0) is 6.18 Å². The second kappa shape index (κ2) is 4.87. The minimum absolute atomic E-state index is 0.236. The summed E-state index contributed by atoms with van der Waals surface area (Å²) in [6.45, 7) is 0. The standard InChI is InChI=1S/C13H13F3N3/c1-18(2)10-6-8-19(9-7-10)12-5-3-4-11(17-12)13(14,15)16/h3-9H,1-2H3/q+1. The van der Waals surface area contributed by atoms with E-state index in [9.17, 15) is 13.2 Å². The van der Waals surface area contributed by atoms with Crippen molar-refractivity contribution < 1.29 is 17.7 Å². The van der Waals surface area contributed by atoms with Gasteiger partial charge >= 0.3 is 12.0 Å². The van der Waals surface area contributed by atoms with E-state index in [4.69, 9.17) is 0 Å². The molecule has 0 amide bonds. The van der Waals surface area contributed by atoms with Gasteiger partial charge in [0.05, 0.1) is 12.4 Å². The van der Waals surface area contributed by atoms with Crippen molar-refractivity contribution in [1.29, 1.82) is 0 Å². The fourth-order valence-corrected chi connectivity index (χ4v) is 1.59. The van der Waals surface area contributed by atoms with Crippen molar-refractivity contribution in [2.75, 3.05) is 19.0 Å². The lowest BCUT2D eigenvalue weighted by atomic mass is 10.3. The second-order valence-corrected chi connectivity index (χ2v) is 4.24. The number of hydrogen-bond donors (Lipinski definition) is 0. The van der Waals surface area contributed by atoms with Gasteiger partial charge in [0.25, 0.3) is 5.69 Å². The van der Waals surface area contributed by atoms with Gasteiger partial charge in [-0.25, -0.2) is 4.57 Å². The van der Waals surface area contributed by atoms with Gasteiger partial charge in [-0.1, -0.05) is 0 Å². The van der Waals surface area contributed by atoms with Gasteiger partial charge in [-0.2, -0.15) is 13.2 Å². The molecule has 0 saturated carbocycles. The highest BCUT2D eigenvalue weighted by Crippen LogP contribution is 2.27. The minimum atomic E-state index is -4.43. The molecule has 0 radical (unpaired) electrons. The van der Waals surface area contributed by atoms with E-state index in [0.29, 0.717) is 0 Å². The monoisotopic (exact) mass is 268 g/mol. The van der Waals surface area contributed by atoms with E-state index < -0.39 is 11.9 Å². The first-order valence-corrected chi connectivity index (χ1v) is 5.61. The molecule has 0 atom stereocenters. The molecule has 0 aliphatic rings. The highest BCUT2D eigenvalue weighted by molar-refractivity contribution is 5.41. The maximum absolute atomic E-state index is 12.6. The van der Waals surface area contributed by atoms with Gasteiger partial charge < -0.3 is 4.90 Å². The van der Waals surface area contributed by atoms with E-state index in [1.165, 1.54) is 12.1 Å². The van der Waals surface area contributed by atoms with Gasteiger partial charge in [0.2, 0.25) is 0 Å². The van der Waals surface area contributed by atoms with E-state index in [1.807, 2.05) is 31.1 Å². The molecule has 2 aromatic heterocycles. The Labute approximate surface area is 108 Å². The van der Waals surface area contributed by atoms with Gasteiger partial charge in [-0.3, -0.25) is 0 Å². The average molecular weight is 268 g/mol. The van der Waals surface area contributed by atoms with E-state index in [-0.39, 0.29) is 5.82 Å². The van der Waals surface area contributed by atoms with Crippen LogP contribution in [0.4, 0.5) is 18.9 Å². The van der Waals surface area contributed by atoms with Crippen molar-refractivity contribution in [3.8, 4) is 5.82 Å². The molecule has 0 saturated heterocycles. The van der Waals surface area contributed by atoms with Gasteiger partial charge in [0, 0.05) is 38.0 Å². The quantitative estimate of drug-likeness (QED) is 0.780. The lowest BCUT2D eigenvalue weighted by molar-refractivity contribution is -0.599. The number of aromatic nitrogens is 2. The molecule has 0 fully saturated rings. The third kappa shape index (κ3) is 3.01. The maximum atomic E-state index is 12.6. The summed E-state index contributed by atoms with van der Waals surface area (Å²) in [5, 5.41) is 0. The highest BCUT2D eigenvalue weighted by atomic mass is 19.4. The lowest BCUT2D eigenvalue weighted by Gasteiger charge is -2.11. The lowest BCUT2D eigenvalue weighted by Crippen LogP contribution is -2.32. The summed E-state index contributed by atoms with van der Waals surface area (Å²) in [5.74, 6) is 0.236. The molecular formula is C13H13F3N3+. The minimum Gasteiger partial charge on any atom is -0.377 e. The Morgan fingerprint density at radius 1 is 1.05 bits per heavy atom. The molecule has 2 heterocycles. The molecule has 6 heteroatoms. The van der Waals surface area contributed by atoms with Crippen LogP contribution in [0.1, 0.15) is 5.69 Å². The zero-order chi connectivity index (χ0) is 14.0. The first-order valence-electron chi connectivity index (χ1n) is 5.61. The summed E-state index contributed by atoms with van der Waals surface area (Å²) in [4.78, 5) is 5.52. The summed E-state index contributed by atoms with van der Waals surface area (Å²) >= 11 is 0. The number of pyridine rings is 2. The summed E-state index contributed by atoms with van der Waals surface area (Å²) in [6, 6.07) is 7.45.